The molecule has 6 rings (SSSR count). The Morgan fingerprint density at radius 3 is 2.62 bits per heavy atom. The van der Waals surface area contributed by atoms with E-state index in [2.05, 4.69) is 37.6 Å². The second-order valence-corrected chi connectivity index (χ2v) is 11.3. The van der Waals surface area contributed by atoms with Crippen LogP contribution in [0.15, 0.2) is 51.9 Å². The van der Waals surface area contributed by atoms with Gasteiger partial charge in [0.1, 0.15) is 5.82 Å². The largest absolute Gasteiger partial charge is 0.367 e. The molecule has 1 aliphatic carbocycles. The number of aryl methyl sites for hydroxylation is 1. The van der Waals surface area contributed by atoms with E-state index in [0.29, 0.717) is 34.9 Å². The Kier molecular flexibility index (Phi) is 7.21. The molecule has 39 heavy (non-hydrogen) atoms. The Labute approximate surface area is 228 Å². The van der Waals surface area contributed by atoms with Gasteiger partial charge < -0.3 is 18.9 Å². The van der Waals surface area contributed by atoms with E-state index in [1.54, 1.807) is 0 Å². The van der Waals surface area contributed by atoms with Crippen molar-refractivity contribution in [1.29, 1.82) is 0 Å². The summed E-state index contributed by atoms with van der Waals surface area (Å²) in [7, 11) is 2.09. The highest BCUT2D eigenvalue weighted by Crippen LogP contribution is 2.30. The molecule has 204 valence electrons. The molecule has 2 aromatic carbocycles. The summed E-state index contributed by atoms with van der Waals surface area (Å²) in [5.74, 6) is 0.867. The van der Waals surface area contributed by atoms with Gasteiger partial charge in [0.25, 0.3) is 0 Å². The molecule has 0 unspecified atom stereocenters. The zero-order chi connectivity index (χ0) is 26.9. The zero-order valence-electron chi connectivity index (χ0n) is 22.8. The van der Waals surface area contributed by atoms with E-state index in [0.717, 1.165) is 62.2 Å². The summed E-state index contributed by atoms with van der Waals surface area (Å²) in [6.07, 6.45) is 8.41. The van der Waals surface area contributed by atoms with E-state index in [4.69, 9.17) is 4.52 Å². The van der Waals surface area contributed by atoms with Crippen molar-refractivity contribution < 1.29 is 8.91 Å². The molecule has 0 atom stereocenters. The van der Waals surface area contributed by atoms with E-state index >= 15 is 4.39 Å². The Bertz CT molecular complexity index is 1530. The normalized spacial score (nSPS) is 17.3. The van der Waals surface area contributed by atoms with Gasteiger partial charge in [0.15, 0.2) is 0 Å². The number of halogens is 1. The average molecular weight is 530 g/mol. The lowest BCUT2D eigenvalue weighted by Gasteiger charge is -2.34. The predicted octanol–water partition coefficient (Wildman–Crippen LogP) is 5.42. The minimum absolute atomic E-state index is 0.255. The molecule has 2 aliphatic rings. The number of rotatable bonds is 6. The molecule has 8 heteroatoms. The van der Waals surface area contributed by atoms with Gasteiger partial charge in [-0.2, -0.15) is 4.98 Å². The van der Waals surface area contributed by atoms with Crippen LogP contribution < -0.4 is 10.3 Å². The molecule has 2 aromatic heterocycles. The lowest BCUT2D eigenvalue weighted by atomic mass is 9.89. The number of hydrogen-bond donors (Lipinski definition) is 0. The fourth-order valence-corrected chi connectivity index (χ4v) is 6.08. The molecule has 0 radical (unpaired) electrons. The molecule has 4 aromatic rings. The molecule has 0 N–H and O–H groups in total. The smallest absolute Gasteiger partial charge is 0.231 e. The Hall–Kier alpha value is -3.52. The topological polar surface area (TPSA) is 67.4 Å². The van der Waals surface area contributed by atoms with Crippen LogP contribution in [0.3, 0.4) is 0 Å². The maximum absolute atomic E-state index is 15.5. The SMILES string of the molecule is Cc1cccc(Cc2nc(-c3cn(CC4CCCCC4)c4cc(N5CCN(C)CC5)c(F)cc4c3=O)no2)c1. The second-order valence-electron chi connectivity index (χ2n) is 11.3. The number of pyridine rings is 1. The minimum Gasteiger partial charge on any atom is -0.367 e. The quantitative estimate of drug-likeness (QED) is 0.332. The Morgan fingerprint density at radius 2 is 1.85 bits per heavy atom. The molecular formula is C31H36FN5O2. The molecule has 0 bridgehead atoms. The monoisotopic (exact) mass is 529 g/mol. The Morgan fingerprint density at radius 1 is 1.05 bits per heavy atom. The molecule has 2 fully saturated rings. The molecule has 1 aliphatic heterocycles. The van der Waals surface area contributed by atoms with Crippen molar-refractivity contribution in [1.82, 2.24) is 19.6 Å². The first-order valence-electron chi connectivity index (χ1n) is 14.1. The molecular weight excluding hydrogens is 493 g/mol. The maximum Gasteiger partial charge on any atom is 0.231 e. The van der Waals surface area contributed by atoms with Gasteiger partial charge in [-0.1, -0.05) is 54.2 Å². The average Bonchev–Trinajstić information content (AvgIpc) is 3.39. The van der Waals surface area contributed by atoms with Gasteiger partial charge in [0, 0.05) is 44.3 Å². The van der Waals surface area contributed by atoms with Crippen LogP contribution in [0.25, 0.3) is 22.3 Å². The number of benzene rings is 2. The molecule has 3 heterocycles. The molecule has 1 saturated heterocycles. The number of likely N-dealkylation sites (N-methyl/N-ethyl adjacent to an activating group) is 1. The molecule has 0 amide bonds. The van der Waals surface area contributed by atoms with E-state index in [9.17, 15) is 4.79 Å². The van der Waals surface area contributed by atoms with Crippen LogP contribution in [-0.4, -0.2) is 52.8 Å². The van der Waals surface area contributed by atoms with Gasteiger partial charge in [0.2, 0.25) is 17.1 Å². The van der Waals surface area contributed by atoms with Gasteiger partial charge in [-0.15, -0.1) is 0 Å². The summed E-state index contributed by atoms with van der Waals surface area (Å²) >= 11 is 0. The fraction of sp³-hybridized carbons (Fsp3) is 0.452. The summed E-state index contributed by atoms with van der Waals surface area (Å²) in [6.45, 7) is 6.11. The highest BCUT2D eigenvalue weighted by Gasteiger charge is 2.23. The van der Waals surface area contributed by atoms with Gasteiger partial charge in [-0.05, 0) is 50.4 Å². The van der Waals surface area contributed by atoms with Gasteiger partial charge in [-0.25, -0.2) is 4.39 Å². The summed E-state index contributed by atoms with van der Waals surface area (Å²) in [5.41, 5.74) is 3.65. The third-order valence-electron chi connectivity index (χ3n) is 8.32. The van der Waals surface area contributed by atoms with Crippen LogP contribution in [0.2, 0.25) is 0 Å². The number of anilines is 1. The number of piperazine rings is 1. The van der Waals surface area contributed by atoms with Crippen LogP contribution in [0.4, 0.5) is 10.1 Å². The van der Waals surface area contributed by atoms with Gasteiger partial charge in [-0.3, -0.25) is 4.79 Å². The van der Waals surface area contributed by atoms with E-state index in [1.165, 1.54) is 25.3 Å². The Balaban J connectivity index is 1.41. The first kappa shape index (κ1) is 25.7. The molecule has 7 nitrogen and oxygen atoms in total. The van der Waals surface area contributed by atoms with Crippen LogP contribution >= 0.6 is 0 Å². The van der Waals surface area contributed by atoms with Crippen LogP contribution in [0.1, 0.15) is 49.1 Å². The number of hydrogen-bond acceptors (Lipinski definition) is 6. The van der Waals surface area contributed by atoms with Gasteiger partial charge in [0.05, 0.1) is 23.2 Å². The van der Waals surface area contributed by atoms with E-state index in [-0.39, 0.29) is 17.1 Å². The van der Waals surface area contributed by atoms with Crippen molar-refractivity contribution >= 4 is 16.6 Å². The van der Waals surface area contributed by atoms with E-state index < -0.39 is 0 Å². The van der Waals surface area contributed by atoms with Crippen molar-refractivity contribution in [2.45, 2.75) is 52.0 Å². The van der Waals surface area contributed by atoms with Crippen LogP contribution in [0.5, 0.6) is 0 Å². The number of aromatic nitrogens is 3. The highest BCUT2D eigenvalue weighted by atomic mass is 19.1. The van der Waals surface area contributed by atoms with Gasteiger partial charge >= 0.3 is 0 Å². The second kappa shape index (κ2) is 10.9. The van der Waals surface area contributed by atoms with Crippen molar-refractivity contribution in [3.63, 3.8) is 0 Å². The molecule has 0 spiro atoms. The number of fused-ring (bicyclic) bond motifs is 1. The van der Waals surface area contributed by atoms with Crippen molar-refractivity contribution in [2.75, 3.05) is 38.1 Å². The lowest BCUT2D eigenvalue weighted by Crippen LogP contribution is -2.44. The number of nitrogens with zero attached hydrogens (tertiary/aromatic N) is 5. The summed E-state index contributed by atoms with van der Waals surface area (Å²) in [6, 6.07) is 11.4. The lowest BCUT2D eigenvalue weighted by molar-refractivity contribution is 0.311. The van der Waals surface area contributed by atoms with Crippen molar-refractivity contribution in [3.8, 4) is 11.4 Å². The zero-order valence-corrected chi connectivity index (χ0v) is 22.8. The molecule has 1 saturated carbocycles. The van der Waals surface area contributed by atoms with Crippen molar-refractivity contribution in [3.05, 3.63) is 75.7 Å². The minimum atomic E-state index is -0.362. The third-order valence-corrected chi connectivity index (χ3v) is 8.32. The predicted molar refractivity (Wildman–Crippen MR) is 152 cm³/mol. The van der Waals surface area contributed by atoms with Crippen molar-refractivity contribution in [2.24, 2.45) is 5.92 Å². The first-order valence-corrected chi connectivity index (χ1v) is 14.1. The fourth-order valence-electron chi connectivity index (χ4n) is 6.08. The van der Waals surface area contributed by atoms with Crippen LogP contribution in [0, 0.1) is 18.7 Å². The summed E-state index contributed by atoms with van der Waals surface area (Å²) in [4.78, 5) is 22.7. The maximum atomic E-state index is 15.5. The standard InChI is InChI=1S/C31H36FN5O2/c1-21-7-6-10-23(15-21)16-29-33-31(34-39-29)25-20-37(19-22-8-4-3-5-9-22)27-18-28(26(32)17-24(27)30(25)38)36-13-11-35(2)12-14-36/h6-7,10,15,17-18,20,22H,3-5,8-9,11-14,16,19H2,1-2H3. The summed E-state index contributed by atoms with van der Waals surface area (Å²) < 4.78 is 23.2. The van der Waals surface area contributed by atoms with Crippen LogP contribution in [-0.2, 0) is 13.0 Å². The van der Waals surface area contributed by atoms with E-state index in [1.807, 2.05) is 37.4 Å². The summed E-state index contributed by atoms with van der Waals surface area (Å²) in [5, 5.41) is 4.54. The third kappa shape index (κ3) is 5.48. The first-order chi connectivity index (χ1) is 18.9. The highest BCUT2D eigenvalue weighted by molar-refractivity contribution is 5.86.